The van der Waals surface area contributed by atoms with E-state index in [9.17, 15) is 30.7 Å². The van der Waals surface area contributed by atoms with Crippen molar-refractivity contribution in [3.8, 4) is 0 Å². The lowest BCUT2D eigenvalue weighted by Gasteiger charge is -2.27. The van der Waals surface area contributed by atoms with Gasteiger partial charge in [-0.2, -0.15) is 30.7 Å². The van der Waals surface area contributed by atoms with Crippen LogP contribution in [0.1, 0.15) is 0 Å². The van der Waals surface area contributed by atoms with Gasteiger partial charge in [0.25, 0.3) is 0 Å². The summed E-state index contributed by atoms with van der Waals surface area (Å²) in [5, 5.41) is 13.9. The number of carbonyl (C=O) groups is 1. The molecule has 0 heterocycles. The molecule has 0 amide bonds. The SMILES string of the molecule is C=CCOC(F)(F)C(F)(F)C(F)(F)F.O=C(O)O. The lowest BCUT2D eigenvalue weighted by atomic mass is 10.3. The van der Waals surface area contributed by atoms with Gasteiger partial charge in [0.2, 0.25) is 0 Å². The van der Waals surface area contributed by atoms with Gasteiger partial charge in [0.05, 0.1) is 6.61 Å². The van der Waals surface area contributed by atoms with Gasteiger partial charge in [0.15, 0.2) is 0 Å². The van der Waals surface area contributed by atoms with Gasteiger partial charge in [-0.05, 0) is 0 Å². The number of alkyl halides is 7. The summed E-state index contributed by atoms with van der Waals surface area (Å²) in [6.07, 6.45) is -13.2. The zero-order valence-corrected chi connectivity index (χ0v) is 8.35. The molecule has 0 saturated heterocycles. The predicted octanol–water partition coefficient (Wildman–Crippen LogP) is 3.20. The van der Waals surface area contributed by atoms with Crippen molar-refractivity contribution in [1.82, 2.24) is 0 Å². The number of ether oxygens (including phenoxy) is 1. The summed E-state index contributed by atoms with van der Waals surface area (Å²) < 4.78 is 85.6. The fourth-order valence-corrected chi connectivity index (χ4v) is 0.419. The van der Waals surface area contributed by atoms with Crippen LogP contribution < -0.4 is 0 Å². The van der Waals surface area contributed by atoms with E-state index < -0.39 is 31.0 Å². The molecule has 4 nitrogen and oxygen atoms in total. The van der Waals surface area contributed by atoms with Crippen molar-refractivity contribution < 1.29 is 50.5 Å². The first kappa shape index (κ1) is 18.8. The van der Waals surface area contributed by atoms with Gasteiger partial charge in [-0.3, -0.25) is 0 Å². The van der Waals surface area contributed by atoms with Gasteiger partial charge in [-0.25, -0.2) is 4.79 Å². The van der Waals surface area contributed by atoms with E-state index in [2.05, 4.69) is 11.3 Å². The highest BCUT2D eigenvalue weighted by Gasteiger charge is 2.74. The van der Waals surface area contributed by atoms with Crippen LogP contribution in [-0.4, -0.2) is 41.2 Å². The van der Waals surface area contributed by atoms with E-state index in [1.54, 1.807) is 0 Å². The Balaban J connectivity index is 0. The average Bonchev–Trinajstić information content (AvgIpc) is 2.11. The van der Waals surface area contributed by atoms with E-state index in [0.29, 0.717) is 6.08 Å². The molecule has 0 atom stereocenters. The standard InChI is InChI=1S/C6H5F7O.CH2O3/c1-2-3-14-6(12,13)4(7,8)5(9,10)11;2-1(3)4/h2H,1,3H2;(H2,2,3,4). The Hall–Kier alpha value is -1.52. The lowest BCUT2D eigenvalue weighted by molar-refractivity contribution is -0.421. The molecule has 0 aromatic heterocycles. The molecular weight excluding hydrogens is 281 g/mol. The Labute approximate surface area is 95.3 Å². The summed E-state index contributed by atoms with van der Waals surface area (Å²) in [7, 11) is 0. The summed E-state index contributed by atoms with van der Waals surface area (Å²) in [5.41, 5.74) is 0. The largest absolute Gasteiger partial charge is 0.503 e. The summed E-state index contributed by atoms with van der Waals surface area (Å²) >= 11 is 0. The van der Waals surface area contributed by atoms with Crippen LogP contribution in [0, 0.1) is 0 Å². The van der Waals surface area contributed by atoms with E-state index in [1.165, 1.54) is 0 Å². The number of carboxylic acid groups (broad SMARTS) is 2. The van der Waals surface area contributed by atoms with Gasteiger partial charge in [-0.15, -0.1) is 6.58 Å². The van der Waals surface area contributed by atoms with Crippen molar-refractivity contribution in [2.24, 2.45) is 0 Å². The summed E-state index contributed by atoms with van der Waals surface area (Å²) in [6.45, 7) is 1.71. The highest BCUT2D eigenvalue weighted by molar-refractivity contribution is 5.53. The van der Waals surface area contributed by atoms with E-state index >= 15 is 0 Å². The Kier molecular flexibility index (Phi) is 6.72. The summed E-state index contributed by atoms with van der Waals surface area (Å²) in [4.78, 5) is 8.56. The van der Waals surface area contributed by atoms with Gasteiger partial charge in [0, 0.05) is 0 Å². The molecule has 2 N–H and O–H groups in total. The Morgan fingerprint density at radius 1 is 1.11 bits per heavy atom. The van der Waals surface area contributed by atoms with Gasteiger partial charge in [-0.1, -0.05) is 6.08 Å². The third-order valence-corrected chi connectivity index (χ3v) is 1.10. The topological polar surface area (TPSA) is 66.8 Å². The summed E-state index contributed by atoms with van der Waals surface area (Å²) in [5.74, 6) is -6.22. The fraction of sp³-hybridized carbons (Fsp3) is 0.571. The van der Waals surface area contributed by atoms with Crippen LogP contribution in [0.25, 0.3) is 0 Å². The van der Waals surface area contributed by atoms with Crippen LogP contribution in [0.15, 0.2) is 12.7 Å². The minimum absolute atomic E-state index is 0.625. The molecule has 18 heavy (non-hydrogen) atoms. The second-order valence-corrected chi connectivity index (χ2v) is 2.47. The second kappa shape index (κ2) is 6.42. The minimum Gasteiger partial charge on any atom is -0.450 e. The lowest BCUT2D eigenvalue weighted by Crippen LogP contribution is -2.53. The number of hydrogen-bond donors (Lipinski definition) is 2. The number of hydrogen-bond acceptors (Lipinski definition) is 2. The molecule has 0 spiro atoms. The summed E-state index contributed by atoms with van der Waals surface area (Å²) in [6, 6.07) is 0. The first-order chi connectivity index (χ1) is 7.79. The van der Waals surface area contributed by atoms with Gasteiger partial charge < -0.3 is 14.9 Å². The molecule has 0 aliphatic carbocycles. The maximum Gasteiger partial charge on any atom is 0.503 e. The van der Waals surface area contributed by atoms with E-state index in [-0.39, 0.29) is 0 Å². The Morgan fingerprint density at radius 2 is 1.44 bits per heavy atom. The zero-order valence-electron chi connectivity index (χ0n) is 8.35. The van der Waals surface area contributed by atoms with Crippen LogP contribution >= 0.6 is 0 Å². The van der Waals surface area contributed by atoms with E-state index in [4.69, 9.17) is 15.0 Å². The maximum absolute atomic E-state index is 12.1. The normalized spacial score (nSPS) is 12.4. The molecule has 0 bridgehead atoms. The van der Waals surface area contributed by atoms with Crippen molar-refractivity contribution in [3.63, 3.8) is 0 Å². The van der Waals surface area contributed by atoms with Crippen molar-refractivity contribution >= 4 is 6.16 Å². The van der Waals surface area contributed by atoms with Crippen LogP contribution in [-0.2, 0) is 4.74 Å². The van der Waals surface area contributed by atoms with Crippen molar-refractivity contribution in [2.75, 3.05) is 6.61 Å². The quantitative estimate of drug-likeness (QED) is 0.615. The van der Waals surface area contributed by atoms with Crippen molar-refractivity contribution in [3.05, 3.63) is 12.7 Å². The minimum atomic E-state index is -6.36. The smallest absolute Gasteiger partial charge is 0.450 e. The first-order valence-electron chi connectivity index (χ1n) is 3.78. The van der Waals surface area contributed by atoms with E-state index in [0.717, 1.165) is 0 Å². The van der Waals surface area contributed by atoms with Gasteiger partial charge in [0.1, 0.15) is 0 Å². The molecule has 0 unspecified atom stereocenters. The second-order valence-electron chi connectivity index (χ2n) is 2.47. The first-order valence-corrected chi connectivity index (χ1v) is 3.78. The third-order valence-electron chi connectivity index (χ3n) is 1.10. The monoisotopic (exact) mass is 288 g/mol. The molecule has 0 aromatic carbocycles. The zero-order chi connectivity index (χ0) is 15.2. The Morgan fingerprint density at radius 3 is 1.67 bits per heavy atom. The molecular formula is C7H7F7O4. The van der Waals surface area contributed by atoms with E-state index in [1.807, 2.05) is 0 Å². The predicted molar refractivity (Wildman–Crippen MR) is 42.8 cm³/mol. The van der Waals surface area contributed by atoms with Crippen molar-refractivity contribution in [1.29, 1.82) is 0 Å². The van der Waals surface area contributed by atoms with Crippen LogP contribution in [0.4, 0.5) is 35.5 Å². The van der Waals surface area contributed by atoms with Crippen molar-refractivity contribution in [2.45, 2.75) is 18.2 Å². The van der Waals surface area contributed by atoms with Crippen LogP contribution in [0.5, 0.6) is 0 Å². The molecule has 108 valence electrons. The highest BCUT2D eigenvalue weighted by atomic mass is 19.4. The molecule has 0 rings (SSSR count). The molecule has 0 aliphatic heterocycles. The average molecular weight is 288 g/mol. The molecule has 0 radical (unpaired) electrons. The number of halogens is 7. The van der Waals surface area contributed by atoms with Gasteiger partial charge >= 0.3 is 24.4 Å². The number of rotatable bonds is 4. The molecule has 0 aliphatic rings. The molecule has 0 saturated carbocycles. The van der Waals surface area contributed by atoms with Crippen LogP contribution in [0.2, 0.25) is 0 Å². The highest BCUT2D eigenvalue weighted by Crippen LogP contribution is 2.46. The fourth-order valence-electron chi connectivity index (χ4n) is 0.419. The molecule has 0 aromatic rings. The third kappa shape index (κ3) is 5.70. The Bertz CT molecular complexity index is 282. The maximum atomic E-state index is 12.1. The molecule has 0 fully saturated rings. The molecule has 11 heteroatoms. The van der Waals surface area contributed by atoms with Crippen LogP contribution in [0.3, 0.4) is 0 Å².